The summed E-state index contributed by atoms with van der Waals surface area (Å²) in [4.78, 5) is 0. The number of halogens is 3. The Morgan fingerprint density at radius 3 is 2.33 bits per heavy atom. The molecule has 0 fully saturated rings. The highest BCUT2D eigenvalue weighted by molar-refractivity contribution is 5.39. The molecule has 0 bridgehead atoms. The maximum absolute atomic E-state index is 11.9. The molecule has 0 saturated carbocycles. The van der Waals surface area contributed by atoms with Crippen molar-refractivity contribution < 1.29 is 22.6 Å². The van der Waals surface area contributed by atoms with Crippen LogP contribution in [-0.4, -0.2) is 13.0 Å². The fourth-order valence-electron chi connectivity index (χ4n) is 0.927. The van der Waals surface area contributed by atoms with E-state index in [1.54, 1.807) is 6.07 Å². The van der Waals surface area contributed by atoms with Crippen LogP contribution in [-0.2, 0) is 0 Å². The molecule has 5 heteroatoms. The zero-order chi connectivity index (χ0) is 11.3. The molecule has 0 aromatic heterocycles. The van der Waals surface area contributed by atoms with Crippen LogP contribution >= 0.6 is 0 Å². The maximum Gasteiger partial charge on any atom is 0.573 e. The van der Waals surface area contributed by atoms with Crippen molar-refractivity contribution in [3.63, 3.8) is 0 Å². The van der Waals surface area contributed by atoms with Crippen molar-refractivity contribution in [2.45, 2.75) is 6.36 Å². The Morgan fingerprint density at radius 1 is 1.20 bits per heavy atom. The summed E-state index contributed by atoms with van der Waals surface area (Å²) in [6.07, 6.45) is -3.28. The Bertz CT molecular complexity index is 334. The second-order valence-corrected chi connectivity index (χ2v) is 2.59. The lowest BCUT2D eigenvalue weighted by atomic mass is 10.3. The Morgan fingerprint density at radius 2 is 1.80 bits per heavy atom. The Labute approximate surface area is 84.9 Å². The smallest absolute Gasteiger partial charge is 0.486 e. The molecule has 0 heterocycles. The zero-order valence-corrected chi connectivity index (χ0v) is 7.75. The summed E-state index contributed by atoms with van der Waals surface area (Å²) in [7, 11) is 0. The van der Waals surface area contributed by atoms with Gasteiger partial charge in [0.2, 0.25) is 0 Å². The van der Waals surface area contributed by atoms with Gasteiger partial charge in [-0.15, -0.1) is 13.2 Å². The van der Waals surface area contributed by atoms with Crippen LogP contribution in [0.15, 0.2) is 36.9 Å². The first-order chi connectivity index (χ1) is 7.03. The lowest BCUT2D eigenvalue weighted by Crippen LogP contribution is -2.17. The van der Waals surface area contributed by atoms with E-state index in [4.69, 9.17) is 4.74 Å². The highest BCUT2D eigenvalue weighted by Gasteiger charge is 2.32. The quantitative estimate of drug-likeness (QED) is 0.723. The molecule has 0 saturated heterocycles. The van der Waals surface area contributed by atoms with Crippen LogP contribution in [0.2, 0.25) is 0 Å². The van der Waals surface area contributed by atoms with Gasteiger partial charge in [0.1, 0.15) is 6.61 Å². The van der Waals surface area contributed by atoms with E-state index in [2.05, 4.69) is 11.3 Å². The average molecular weight is 218 g/mol. The predicted octanol–water partition coefficient (Wildman–Crippen LogP) is 3.15. The van der Waals surface area contributed by atoms with Crippen LogP contribution in [0, 0.1) is 0 Å². The van der Waals surface area contributed by atoms with E-state index < -0.39 is 6.36 Å². The fraction of sp³-hybridized carbons (Fsp3) is 0.200. The molecule has 0 atom stereocenters. The molecule has 0 unspecified atom stereocenters. The summed E-state index contributed by atoms with van der Waals surface area (Å²) < 4.78 is 44.6. The van der Waals surface area contributed by atoms with Gasteiger partial charge in [0, 0.05) is 0 Å². The summed E-state index contributed by atoms with van der Waals surface area (Å²) in [5.74, 6) is -0.318. The zero-order valence-electron chi connectivity index (χ0n) is 7.75. The van der Waals surface area contributed by atoms with Crippen molar-refractivity contribution in [1.82, 2.24) is 0 Å². The second-order valence-electron chi connectivity index (χ2n) is 2.59. The molecule has 0 radical (unpaired) electrons. The lowest BCUT2D eigenvalue weighted by molar-refractivity contribution is -0.275. The molecule has 1 rings (SSSR count). The molecule has 0 aliphatic rings. The third kappa shape index (κ3) is 3.93. The minimum absolute atomic E-state index is 0.0368. The largest absolute Gasteiger partial charge is 0.573 e. The molecule has 0 N–H and O–H groups in total. The molecule has 1 aromatic carbocycles. The molecule has 0 aliphatic heterocycles. The summed E-state index contributed by atoms with van der Waals surface area (Å²) in [6.45, 7) is 3.52. The number of rotatable bonds is 4. The summed E-state index contributed by atoms with van der Waals surface area (Å²) in [6, 6.07) is 5.57. The van der Waals surface area contributed by atoms with Crippen molar-refractivity contribution in [2.75, 3.05) is 6.61 Å². The summed E-state index contributed by atoms with van der Waals surface area (Å²) in [5, 5.41) is 0. The number of hydrogen-bond donors (Lipinski definition) is 0. The number of benzene rings is 1. The highest BCUT2D eigenvalue weighted by atomic mass is 19.4. The molecule has 0 aliphatic carbocycles. The first-order valence-corrected chi connectivity index (χ1v) is 4.11. The second kappa shape index (κ2) is 4.72. The average Bonchev–Trinajstić information content (AvgIpc) is 2.14. The van der Waals surface area contributed by atoms with Crippen LogP contribution < -0.4 is 9.47 Å². The van der Waals surface area contributed by atoms with Crippen LogP contribution in [0.25, 0.3) is 0 Å². The van der Waals surface area contributed by atoms with Gasteiger partial charge in [-0.05, 0) is 12.1 Å². The van der Waals surface area contributed by atoms with E-state index in [0.717, 1.165) is 0 Å². The van der Waals surface area contributed by atoms with Gasteiger partial charge in [0.05, 0.1) is 0 Å². The lowest BCUT2D eigenvalue weighted by Gasteiger charge is -2.12. The number of hydrogen-bond acceptors (Lipinski definition) is 2. The first-order valence-electron chi connectivity index (χ1n) is 4.11. The van der Waals surface area contributed by atoms with Gasteiger partial charge < -0.3 is 9.47 Å². The summed E-state index contributed by atoms with van der Waals surface area (Å²) in [5.41, 5.74) is 0. The van der Waals surface area contributed by atoms with E-state index in [1.807, 2.05) is 0 Å². The SMILES string of the molecule is C=CCOc1ccccc1OC(F)(F)F. The van der Waals surface area contributed by atoms with Crippen LogP contribution in [0.1, 0.15) is 0 Å². The third-order valence-electron chi connectivity index (χ3n) is 1.43. The van der Waals surface area contributed by atoms with E-state index in [1.165, 1.54) is 24.3 Å². The Balaban J connectivity index is 2.81. The monoisotopic (exact) mass is 218 g/mol. The van der Waals surface area contributed by atoms with Crippen molar-refractivity contribution >= 4 is 0 Å². The summed E-state index contributed by atoms with van der Waals surface area (Å²) >= 11 is 0. The van der Waals surface area contributed by atoms with Crippen LogP contribution in [0.3, 0.4) is 0 Å². The Hall–Kier alpha value is -1.65. The van der Waals surface area contributed by atoms with Gasteiger partial charge in [-0.2, -0.15) is 0 Å². The number of alkyl halides is 3. The first kappa shape index (κ1) is 11.4. The van der Waals surface area contributed by atoms with Crippen molar-refractivity contribution in [3.8, 4) is 11.5 Å². The maximum atomic E-state index is 11.9. The van der Waals surface area contributed by atoms with Crippen molar-refractivity contribution in [1.29, 1.82) is 0 Å². The van der Waals surface area contributed by atoms with Gasteiger partial charge in [-0.3, -0.25) is 0 Å². The number of ether oxygens (including phenoxy) is 2. The minimum atomic E-state index is -4.71. The van der Waals surface area contributed by atoms with Crippen LogP contribution in [0.5, 0.6) is 11.5 Å². The van der Waals surface area contributed by atoms with Gasteiger partial charge in [0.25, 0.3) is 0 Å². The van der Waals surface area contributed by atoms with Crippen LogP contribution in [0.4, 0.5) is 13.2 Å². The normalized spacial score (nSPS) is 10.9. The molecular formula is C10H9F3O2. The number of para-hydroxylation sites is 2. The molecule has 15 heavy (non-hydrogen) atoms. The fourth-order valence-corrected chi connectivity index (χ4v) is 0.927. The van der Waals surface area contributed by atoms with Gasteiger partial charge in [0.15, 0.2) is 11.5 Å². The molecule has 1 aromatic rings. The van der Waals surface area contributed by atoms with Crippen molar-refractivity contribution in [2.24, 2.45) is 0 Å². The van der Waals surface area contributed by atoms with E-state index in [0.29, 0.717) is 0 Å². The highest BCUT2D eigenvalue weighted by Crippen LogP contribution is 2.31. The molecule has 0 spiro atoms. The molecule has 2 nitrogen and oxygen atoms in total. The standard InChI is InChI=1S/C10H9F3O2/c1-2-7-14-8-5-3-4-6-9(8)15-10(11,12)13/h2-6H,1,7H2. The predicted molar refractivity (Wildman–Crippen MR) is 48.8 cm³/mol. The third-order valence-corrected chi connectivity index (χ3v) is 1.43. The molecular weight excluding hydrogens is 209 g/mol. The molecule has 82 valence electrons. The van der Waals surface area contributed by atoms with Gasteiger partial charge in [-0.25, -0.2) is 0 Å². The Kier molecular flexibility index (Phi) is 3.60. The van der Waals surface area contributed by atoms with E-state index >= 15 is 0 Å². The van der Waals surface area contributed by atoms with Gasteiger partial charge >= 0.3 is 6.36 Å². The van der Waals surface area contributed by atoms with Gasteiger partial charge in [-0.1, -0.05) is 24.8 Å². The molecule has 0 amide bonds. The topological polar surface area (TPSA) is 18.5 Å². The minimum Gasteiger partial charge on any atom is -0.486 e. The van der Waals surface area contributed by atoms with E-state index in [-0.39, 0.29) is 18.1 Å². The van der Waals surface area contributed by atoms with Crippen molar-refractivity contribution in [3.05, 3.63) is 36.9 Å². The van der Waals surface area contributed by atoms with E-state index in [9.17, 15) is 13.2 Å².